The van der Waals surface area contributed by atoms with E-state index >= 15 is 0 Å². The van der Waals surface area contributed by atoms with Gasteiger partial charge < -0.3 is 10.1 Å². The predicted molar refractivity (Wildman–Crippen MR) is 59.9 cm³/mol. The average Bonchev–Trinajstić information content (AvgIpc) is 2.75. The molecule has 1 aromatic rings. The standard InChI is InChI=1S/C11H10N4O2/c1-6-5-17-9(11(16)14-6)8-4-13-7-2-3-12-10(7)15-8/h3-4,9H,1-2,5H2,(H,14,16). The smallest absolute Gasteiger partial charge is 0.259 e. The monoisotopic (exact) mass is 230 g/mol. The van der Waals surface area contributed by atoms with E-state index in [4.69, 9.17) is 4.74 Å². The Morgan fingerprint density at radius 1 is 1.53 bits per heavy atom. The predicted octanol–water partition coefficient (Wildman–Crippen LogP) is 0.436. The van der Waals surface area contributed by atoms with Crippen molar-refractivity contribution in [1.82, 2.24) is 15.3 Å². The van der Waals surface area contributed by atoms with Crippen LogP contribution in [0.5, 0.6) is 0 Å². The van der Waals surface area contributed by atoms with Crippen LogP contribution in [0.3, 0.4) is 0 Å². The summed E-state index contributed by atoms with van der Waals surface area (Å²) in [5.41, 5.74) is 1.86. The summed E-state index contributed by atoms with van der Waals surface area (Å²) in [6.07, 6.45) is 3.27. The molecule has 1 fully saturated rings. The molecule has 1 unspecified atom stereocenters. The lowest BCUT2D eigenvalue weighted by atomic mass is 10.2. The van der Waals surface area contributed by atoms with Gasteiger partial charge in [-0.25, -0.2) is 9.98 Å². The third-order valence-corrected chi connectivity index (χ3v) is 2.57. The SMILES string of the molecule is C=C1COC(c2cnc3c(n2)N=CC3)C(=O)N1. The molecule has 2 aliphatic rings. The number of fused-ring (bicyclic) bond motifs is 1. The van der Waals surface area contributed by atoms with Gasteiger partial charge >= 0.3 is 0 Å². The number of nitrogens with zero attached hydrogens (tertiary/aromatic N) is 3. The number of ether oxygens (including phenoxy) is 1. The van der Waals surface area contributed by atoms with E-state index in [1.165, 1.54) is 0 Å². The molecule has 0 radical (unpaired) electrons. The summed E-state index contributed by atoms with van der Waals surface area (Å²) >= 11 is 0. The van der Waals surface area contributed by atoms with E-state index in [9.17, 15) is 4.79 Å². The summed E-state index contributed by atoms with van der Waals surface area (Å²) in [7, 11) is 0. The first kappa shape index (κ1) is 10.1. The molecule has 1 atom stereocenters. The van der Waals surface area contributed by atoms with Crippen LogP contribution in [0.25, 0.3) is 0 Å². The zero-order valence-electron chi connectivity index (χ0n) is 9.01. The van der Waals surface area contributed by atoms with Crippen molar-refractivity contribution in [3.8, 4) is 0 Å². The summed E-state index contributed by atoms with van der Waals surface area (Å²) in [6, 6.07) is 0. The van der Waals surface area contributed by atoms with Crippen LogP contribution in [-0.4, -0.2) is 28.7 Å². The van der Waals surface area contributed by atoms with Crippen molar-refractivity contribution in [2.24, 2.45) is 4.99 Å². The Bertz CT molecular complexity index is 538. The Labute approximate surface area is 97.4 Å². The molecule has 1 N–H and O–H groups in total. The van der Waals surface area contributed by atoms with Crippen LogP contribution in [0.4, 0.5) is 5.82 Å². The zero-order valence-corrected chi connectivity index (χ0v) is 9.01. The maximum absolute atomic E-state index is 11.7. The number of carbonyl (C=O) groups is 1. The highest BCUT2D eigenvalue weighted by atomic mass is 16.5. The summed E-state index contributed by atoms with van der Waals surface area (Å²) in [6.45, 7) is 3.92. The second-order valence-corrected chi connectivity index (χ2v) is 3.86. The fourth-order valence-electron chi connectivity index (χ4n) is 1.76. The number of aromatic nitrogens is 2. The molecule has 6 nitrogen and oxygen atoms in total. The second-order valence-electron chi connectivity index (χ2n) is 3.86. The summed E-state index contributed by atoms with van der Waals surface area (Å²) in [4.78, 5) is 24.3. The van der Waals surface area contributed by atoms with Gasteiger partial charge in [-0.05, 0) is 0 Å². The van der Waals surface area contributed by atoms with E-state index in [0.29, 0.717) is 30.2 Å². The Hall–Kier alpha value is -2.08. The first-order chi connectivity index (χ1) is 8.24. The van der Waals surface area contributed by atoms with E-state index in [1.807, 2.05) is 0 Å². The first-order valence-electron chi connectivity index (χ1n) is 5.22. The van der Waals surface area contributed by atoms with Gasteiger partial charge in [0.05, 0.1) is 24.2 Å². The van der Waals surface area contributed by atoms with Crippen molar-refractivity contribution in [3.05, 3.63) is 29.9 Å². The minimum Gasteiger partial charge on any atom is -0.356 e. The Balaban J connectivity index is 1.91. The molecule has 1 saturated heterocycles. The summed E-state index contributed by atoms with van der Waals surface area (Å²) in [5, 5.41) is 2.63. The van der Waals surface area contributed by atoms with Crippen LogP contribution in [-0.2, 0) is 16.0 Å². The van der Waals surface area contributed by atoms with Gasteiger partial charge in [-0.3, -0.25) is 9.78 Å². The van der Waals surface area contributed by atoms with Crippen molar-refractivity contribution in [1.29, 1.82) is 0 Å². The number of aliphatic imine (C=N–C) groups is 1. The fourth-order valence-corrected chi connectivity index (χ4v) is 1.76. The number of carbonyl (C=O) groups excluding carboxylic acids is 1. The van der Waals surface area contributed by atoms with Gasteiger partial charge in [0.25, 0.3) is 5.91 Å². The molecule has 3 rings (SSSR count). The number of morpholine rings is 1. The first-order valence-corrected chi connectivity index (χ1v) is 5.22. The highest BCUT2D eigenvalue weighted by molar-refractivity contribution is 5.84. The van der Waals surface area contributed by atoms with Crippen molar-refractivity contribution in [3.63, 3.8) is 0 Å². The summed E-state index contributed by atoms with van der Waals surface area (Å²) in [5.74, 6) is 0.306. The zero-order chi connectivity index (χ0) is 11.8. The number of nitrogens with one attached hydrogen (secondary N) is 1. The van der Waals surface area contributed by atoms with Crippen LogP contribution in [0.1, 0.15) is 17.5 Å². The summed E-state index contributed by atoms with van der Waals surface area (Å²) < 4.78 is 5.38. The molecule has 3 heterocycles. The third-order valence-electron chi connectivity index (χ3n) is 2.57. The van der Waals surface area contributed by atoms with Gasteiger partial charge in [0, 0.05) is 18.3 Å². The van der Waals surface area contributed by atoms with E-state index in [-0.39, 0.29) is 5.91 Å². The number of hydrogen-bond acceptors (Lipinski definition) is 5. The molecule has 1 amide bonds. The van der Waals surface area contributed by atoms with E-state index in [0.717, 1.165) is 5.69 Å². The van der Waals surface area contributed by atoms with Crippen molar-refractivity contribution in [2.45, 2.75) is 12.5 Å². The van der Waals surface area contributed by atoms with E-state index in [1.54, 1.807) is 12.4 Å². The van der Waals surface area contributed by atoms with Crippen LogP contribution in [0.15, 0.2) is 23.5 Å². The Kier molecular flexibility index (Phi) is 2.22. The number of hydrogen-bond donors (Lipinski definition) is 1. The molecular formula is C11H10N4O2. The van der Waals surface area contributed by atoms with Crippen LogP contribution in [0, 0.1) is 0 Å². The largest absolute Gasteiger partial charge is 0.356 e. The molecule has 2 aliphatic heterocycles. The van der Waals surface area contributed by atoms with Gasteiger partial charge in [-0.2, -0.15) is 0 Å². The average molecular weight is 230 g/mol. The second kappa shape index (κ2) is 3.74. The fraction of sp³-hybridized carbons (Fsp3) is 0.273. The quantitative estimate of drug-likeness (QED) is 0.759. The minimum atomic E-state index is -0.728. The lowest BCUT2D eigenvalue weighted by Crippen LogP contribution is -2.37. The van der Waals surface area contributed by atoms with Gasteiger partial charge in [-0.1, -0.05) is 6.58 Å². The Morgan fingerprint density at radius 3 is 3.24 bits per heavy atom. The van der Waals surface area contributed by atoms with Crippen molar-refractivity contribution >= 4 is 17.9 Å². The maximum Gasteiger partial charge on any atom is 0.259 e. The highest BCUT2D eigenvalue weighted by Gasteiger charge is 2.28. The molecular weight excluding hydrogens is 220 g/mol. The number of rotatable bonds is 1. The maximum atomic E-state index is 11.7. The molecule has 0 spiro atoms. The molecule has 0 saturated carbocycles. The van der Waals surface area contributed by atoms with Crippen molar-refractivity contribution in [2.75, 3.05) is 6.61 Å². The van der Waals surface area contributed by atoms with Crippen LogP contribution >= 0.6 is 0 Å². The topological polar surface area (TPSA) is 76.5 Å². The molecule has 0 aliphatic carbocycles. The van der Waals surface area contributed by atoms with Gasteiger partial charge in [0.2, 0.25) is 0 Å². The molecule has 6 heteroatoms. The molecule has 17 heavy (non-hydrogen) atoms. The van der Waals surface area contributed by atoms with Crippen molar-refractivity contribution < 1.29 is 9.53 Å². The van der Waals surface area contributed by atoms with E-state index < -0.39 is 6.10 Å². The molecule has 0 aromatic carbocycles. The van der Waals surface area contributed by atoms with Crippen LogP contribution in [0.2, 0.25) is 0 Å². The Morgan fingerprint density at radius 2 is 2.41 bits per heavy atom. The lowest BCUT2D eigenvalue weighted by molar-refractivity contribution is -0.135. The normalized spacial score (nSPS) is 22.5. The van der Waals surface area contributed by atoms with Gasteiger partial charge in [-0.15, -0.1) is 0 Å². The van der Waals surface area contributed by atoms with Gasteiger partial charge in [0.1, 0.15) is 0 Å². The molecule has 86 valence electrons. The minimum absolute atomic E-state index is 0.266. The third kappa shape index (κ3) is 1.72. The number of amides is 1. The van der Waals surface area contributed by atoms with Crippen LogP contribution < -0.4 is 5.32 Å². The lowest BCUT2D eigenvalue weighted by Gasteiger charge is -2.23. The molecule has 0 bridgehead atoms. The van der Waals surface area contributed by atoms with Gasteiger partial charge in [0.15, 0.2) is 11.9 Å². The highest BCUT2D eigenvalue weighted by Crippen LogP contribution is 2.25. The van der Waals surface area contributed by atoms with E-state index in [2.05, 4.69) is 26.9 Å². The molecule has 1 aromatic heterocycles.